The monoisotopic (exact) mass is 407 g/mol. The molecule has 5 nitrogen and oxygen atoms in total. The Bertz CT molecular complexity index is 1040. The van der Waals surface area contributed by atoms with Crippen molar-refractivity contribution >= 4 is 40.2 Å². The highest BCUT2D eigenvalue weighted by Crippen LogP contribution is 2.30. The van der Waals surface area contributed by atoms with Gasteiger partial charge in [-0.05, 0) is 37.5 Å². The lowest BCUT2D eigenvalue weighted by Gasteiger charge is -2.15. The summed E-state index contributed by atoms with van der Waals surface area (Å²) in [6.45, 7) is 4.04. The molecule has 0 bridgehead atoms. The highest BCUT2D eigenvalue weighted by atomic mass is 32.2. The molecule has 2 heterocycles. The average Bonchev–Trinajstić information content (AvgIpc) is 3.37. The maximum absolute atomic E-state index is 12.6. The summed E-state index contributed by atoms with van der Waals surface area (Å²) in [6.07, 6.45) is 4.19. The molecule has 1 aromatic heterocycles. The lowest BCUT2D eigenvalue weighted by molar-refractivity contribution is -0.130. The number of thioether (sulfide) groups is 1. The van der Waals surface area contributed by atoms with E-state index in [0.717, 1.165) is 53.0 Å². The van der Waals surface area contributed by atoms with Crippen LogP contribution in [-0.2, 0) is 16.1 Å². The number of hydrogen-bond acceptors (Lipinski definition) is 3. The third-order valence-corrected chi connectivity index (χ3v) is 6.34. The number of anilines is 1. The Morgan fingerprint density at radius 1 is 1.03 bits per heavy atom. The number of benzene rings is 2. The van der Waals surface area contributed by atoms with Gasteiger partial charge >= 0.3 is 0 Å². The number of aryl methyl sites for hydroxylation is 1. The molecule has 1 fully saturated rings. The topological polar surface area (TPSA) is 54.3 Å². The average molecular weight is 408 g/mol. The quantitative estimate of drug-likeness (QED) is 0.620. The van der Waals surface area contributed by atoms with Gasteiger partial charge in [0.2, 0.25) is 11.8 Å². The summed E-state index contributed by atoms with van der Waals surface area (Å²) >= 11 is 1.51. The molecule has 0 saturated carbocycles. The number of nitrogens with one attached hydrogen (secondary N) is 1. The first kappa shape index (κ1) is 19.6. The van der Waals surface area contributed by atoms with Crippen molar-refractivity contribution in [3.05, 3.63) is 60.3 Å². The molecule has 0 unspecified atom stereocenters. The molecular formula is C23H25N3O2S. The number of fused-ring (bicyclic) bond motifs is 1. The lowest BCUT2D eigenvalue weighted by Crippen LogP contribution is -2.30. The number of rotatable bonds is 6. The Morgan fingerprint density at radius 3 is 2.55 bits per heavy atom. The molecule has 1 aliphatic rings. The molecule has 0 atom stereocenters. The van der Waals surface area contributed by atoms with Crippen LogP contribution in [0, 0.1) is 6.92 Å². The number of hydrogen-bond donors (Lipinski definition) is 1. The largest absolute Gasteiger partial charge is 0.341 e. The Balaban J connectivity index is 1.46. The molecule has 1 saturated heterocycles. The second-order valence-electron chi connectivity index (χ2n) is 7.38. The zero-order valence-electron chi connectivity index (χ0n) is 16.6. The van der Waals surface area contributed by atoms with Crippen molar-refractivity contribution < 1.29 is 9.59 Å². The third-order valence-electron chi connectivity index (χ3n) is 5.29. The molecule has 1 N–H and O–H groups in total. The minimum absolute atomic E-state index is 0.0331. The maximum atomic E-state index is 12.6. The summed E-state index contributed by atoms with van der Waals surface area (Å²) in [5.74, 6) is 0.453. The van der Waals surface area contributed by atoms with E-state index in [0.29, 0.717) is 12.3 Å². The Labute approximate surface area is 175 Å². The summed E-state index contributed by atoms with van der Waals surface area (Å²) in [7, 11) is 0. The summed E-state index contributed by atoms with van der Waals surface area (Å²) in [5.41, 5.74) is 2.92. The number of carbonyl (C=O) groups excluding carboxylic acids is 2. The highest BCUT2D eigenvalue weighted by molar-refractivity contribution is 8.00. The fourth-order valence-corrected chi connectivity index (χ4v) is 4.60. The van der Waals surface area contributed by atoms with Gasteiger partial charge in [-0.3, -0.25) is 9.59 Å². The maximum Gasteiger partial charge on any atom is 0.242 e. The predicted octanol–water partition coefficient (Wildman–Crippen LogP) is 4.30. The number of nitrogens with zero attached hydrogens (tertiary/aromatic N) is 2. The van der Waals surface area contributed by atoms with Gasteiger partial charge in [-0.2, -0.15) is 0 Å². The third kappa shape index (κ3) is 4.48. The van der Waals surface area contributed by atoms with Gasteiger partial charge in [0, 0.05) is 40.8 Å². The van der Waals surface area contributed by atoms with Gasteiger partial charge in [0.05, 0.1) is 5.75 Å². The molecule has 29 heavy (non-hydrogen) atoms. The molecule has 150 valence electrons. The van der Waals surface area contributed by atoms with E-state index in [1.165, 1.54) is 11.8 Å². The van der Waals surface area contributed by atoms with Crippen molar-refractivity contribution in [1.29, 1.82) is 0 Å². The minimum Gasteiger partial charge on any atom is -0.341 e. The van der Waals surface area contributed by atoms with Crippen LogP contribution < -0.4 is 5.32 Å². The normalized spacial score (nSPS) is 13.8. The number of likely N-dealkylation sites (tertiary alicyclic amines) is 1. The molecule has 1 aliphatic heterocycles. The Morgan fingerprint density at radius 2 is 1.76 bits per heavy atom. The van der Waals surface area contributed by atoms with Crippen LogP contribution in [-0.4, -0.2) is 40.1 Å². The van der Waals surface area contributed by atoms with Gasteiger partial charge in [0.25, 0.3) is 0 Å². The molecule has 2 amide bonds. The van der Waals surface area contributed by atoms with E-state index in [9.17, 15) is 9.59 Å². The zero-order chi connectivity index (χ0) is 20.2. The number of aromatic nitrogens is 1. The van der Waals surface area contributed by atoms with Crippen molar-refractivity contribution in [1.82, 2.24) is 9.47 Å². The molecule has 2 aromatic carbocycles. The van der Waals surface area contributed by atoms with Crippen LogP contribution in [0.4, 0.5) is 5.69 Å². The number of amides is 2. The zero-order valence-corrected chi connectivity index (χ0v) is 17.4. The predicted molar refractivity (Wildman–Crippen MR) is 118 cm³/mol. The first-order valence-corrected chi connectivity index (χ1v) is 10.9. The second-order valence-corrected chi connectivity index (χ2v) is 8.40. The SMILES string of the molecule is Cc1ccccc1NC(=O)CSc1cn(CC(=O)N2CCCC2)c2ccccc12. The standard InChI is InChI=1S/C23H25N3O2S/c1-17-8-2-4-10-19(17)24-22(27)16-29-21-14-26(20-11-5-3-9-18(20)21)15-23(28)25-12-6-7-13-25/h2-5,8-11,14H,6-7,12-13,15-16H2,1H3,(H,24,27). The Hall–Kier alpha value is -2.73. The van der Waals surface area contributed by atoms with Crippen molar-refractivity contribution in [3.63, 3.8) is 0 Å². The first-order chi connectivity index (χ1) is 14.1. The minimum atomic E-state index is -0.0331. The number of carbonyl (C=O) groups is 2. The van der Waals surface area contributed by atoms with Gasteiger partial charge in [0.15, 0.2) is 0 Å². The van der Waals surface area contributed by atoms with Crippen LogP contribution in [0.2, 0.25) is 0 Å². The molecule has 0 spiro atoms. The molecule has 0 aliphatic carbocycles. The van der Waals surface area contributed by atoms with Crippen LogP contribution in [0.1, 0.15) is 18.4 Å². The van der Waals surface area contributed by atoms with Crippen LogP contribution in [0.5, 0.6) is 0 Å². The van der Waals surface area contributed by atoms with E-state index >= 15 is 0 Å². The molecular weight excluding hydrogens is 382 g/mol. The summed E-state index contributed by atoms with van der Waals surface area (Å²) in [5, 5.41) is 4.06. The van der Waals surface area contributed by atoms with E-state index in [-0.39, 0.29) is 11.8 Å². The number of para-hydroxylation sites is 2. The summed E-state index contributed by atoms with van der Waals surface area (Å²) in [6, 6.07) is 15.8. The summed E-state index contributed by atoms with van der Waals surface area (Å²) in [4.78, 5) is 28.0. The van der Waals surface area contributed by atoms with Gasteiger partial charge in [0.1, 0.15) is 6.54 Å². The van der Waals surface area contributed by atoms with Gasteiger partial charge in [-0.1, -0.05) is 36.4 Å². The summed E-state index contributed by atoms with van der Waals surface area (Å²) < 4.78 is 2.01. The van der Waals surface area contributed by atoms with Crippen molar-refractivity contribution in [2.24, 2.45) is 0 Å². The van der Waals surface area contributed by atoms with Crippen molar-refractivity contribution in [2.45, 2.75) is 31.2 Å². The molecule has 3 aromatic rings. The fourth-order valence-electron chi connectivity index (χ4n) is 3.71. The van der Waals surface area contributed by atoms with Crippen molar-refractivity contribution in [3.8, 4) is 0 Å². The van der Waals surface area contributed by atoms with E-state index < -0.39 is 0 Å². The smallest absolute Gasteiger partial charge is 0.242 e. The van der Waals surface area contributed by atoms with Crippen LogP contribution in [0.3, 0.4) is 0 Å². The molecule has 4 rings (SSSR count). The Kier molecular flexibility index (Phi) is 5.90. The van der Waals surface area contributed by atoms with Crippen LogP contribution in [0.15, 0.2) is 59.6 Å². The van der Waals surface area contributed by atoms with Crippen molar-refractivity contribution in [2.75, 3.05) is 24.2 Å². The lowest BCUT2D eigenvalue weighted by atomic mass is 10.2. The van der Waals surface area contributed by atoms with E-state index in [2.05, 4.69) is 5.32 Å². The van der Waals surface area contributed by atoms with Gasteiger partial charge < -0.3 is 14.8 Å². The highest BCUT2D eigenvalue weighted by Gasteiger charge is 2.19. The molecule has 6 heteroatoms. The van der Waals surface area contributed by atoms with E-state index in [1.54, 1.807) is 0 Å². The van der Waals surface area contributed by atoms with E-state index in [4.69, 9.17) is 0 Å². The van der Waals surface area contributed by atoms with Crippen LogP contribution in [0.25, 0.3) is 10.9 Å². The van der Waals surface area contributed by atoms with Gasteiger partial charge in [-0.25, -0.2) is 0 Å². The van der Waals surface area contributed by atoms with E-state index in [1.807, 2.05) is 71.1 Å². The first-order valence-electron chi connectivity index (χ1n) is 9.96. The van der Waals surface area contributed by atoms with Gasteiger partial charge in [-0.15, -0.1) is 11.8 Å². The fraction of sp³-hybridized carbons (Fsp3) is 0.304. The van der Waals surface area contributed by atoms with Crippen LogP contribution >= 0.6 is 11.8 Å². The second kappa shape index (κ2) is 8.74. The molecule has 0 radical (unpaired) electrons.